The summed E-state index contributed by atoms with van der Waals surface area (Å²) in [5.41, 5.74) is 0. The number of halogens is 1. The number of anilines is 1. The number of piperidine rings is 1. The Bertz CT molecular complexity index is 382. The number of rotatable bonds is 3. The molecule has 1 aliphatic heterocycles. The Labute approximate surface area is 106 Å². The Morgan fingerprint density at radius 3 is 3.00 bits per heavy atom. The van der Waals surface area contributed by atoms with Crippen molar-refractivity contribution in [2.24, 2.45) is 5.92 Å². The van der Waals surface area contributed by atoms with Gasteiger partial charge in [-0.05, 0) is 31.6 Å². The van der Waals surface area contributed by atoms with Crippen molar-refractivity contribution in [3.63, 3.8) is 0 Å². The molecule has 1 aliphatic carbocycles. The van der Waals surface area contributed by atoms with Crippen LogP contribution in [0.1, 0.15) is 38.0 Å². The van der Waals surface area contributed by atoms with E-state index >= 15 is 0 Å². The highest BCUT2D eigenvalue weighted by molar-refractivity contribution is 6.17. The molecule has 5 heteroatoms. The summed E-state index contributed by atoms with van der Waals surface area (Å²) in [7, 11) is 0. The van der Waals surface area contributed by atoms with E-state index in [0.29, 0.717) is 30.2 Å². The second-order valence-corrected chi connectivity index (χ2v) is 5.39. The largest absolute Gasteiger partial charge is 0.408 e. The summed E-state index contributed by atoms with van der Waals surface area (Å²) in [5.74, 6) is 2.04. The molecule has 2 atom stereocenters. The molecular weight excluding hydrogens is 238 g/mol. The summed E-state index contributed by atoms with van der Waals surface area (Å²) in [6.07, 6.45) is 7.25. The van der Waals surface area contributed by atoms with Gasteiger partial charge in [-0.1, -0.05) is 11.5 Å². The number of alkyl halides is 1. The van der Waals surface area contributed by atoms with Gasteiger partial charge in [-0.3, -0.25) is 0 Å². The Kier molecular flexibility index (Phi) is 3.23. The maximum absolute atomic E-state index is 5.69. The fourth-order valence-electron chi connectivity index (χ4n) is 3.23. The lowest BCUT2D eigenvalue weighted by Crippen LogP contribution is -2.42. The van der Waals surface area contributed by atoms with Crippen LogP contribution in [-0.4, -0.2) is 28.7 Å². The maximum atomic E-state index is 5.69. The monoisotopic (exact) mass is 255 g/mol. The van der Waals surface area contributed by atoms with Crippen LogP contribution in [-0.2, 0) is 6.42 Å². The predicted octanol–water partition coefficient (Wildman–Crippen LogP) is 2.62. The van der Waals surface area contributed by atoms with Gasteiger partial charge in [0.15, 0.2) is 0 Å². The Morgan fingerprint density at radius 1 is 1.24 bits per heavy atom. The molecular formula is C12H18ClN3O. The van der Waals surface area contributed by atoms with Crippen molar-refractivity contribution in [1.82, 2.24) is 10.2 Å². The van der Waals surface area contributed by atoms with Gasteiger partial charge in [0, 0.05) is 24.9 Å². The van der Waals surface area contributed by atoms with E-state index in [1.165, 1.54) is 32.1 Å². The minimum Gasteiger partial charge on any atom is -0.408 e. The Hall–Kier alpha value is -0.770. The SMILES string of the molecule is ClCCc1nnc(N2CCCC3CCCC32)o1. The molecule has 0 amide bonds. The number of hydrogen-bond acceptors (Lipinski definition) is 4. The van der Waals surface area contributed by atoms with Crippen LogP contribution in [0.2, 0.25) is 0 Å². The van der Waals surface area contributed by atoms with Crippen LogP contribution in [0.15, 0.2) is 4.42 Å². The molecule has 1 saturated heterocycles. The van der Waals surface area contributed by atoms with E-state index in [2.05, 4.69) is 15.1 Å². The molecule has 1 aromatic heterocycles. The number of fused-ring (bicyclic) bond motifs is 1. The maximum Gasteiger partial charge on any atom is 0.318 e. The number of aromatic nitrogens is 2. The molecule has 1 saturated carbocycles. The van der Waals surface area contributed by atoms with E-state index < -0.39 is 0 Å². The second-order valence-electron chi connectivity index (χ2n) is 5.01. The normalized spacial score (nSPS) is 28.4. The predicted molar refractivity (Wildman–Crippen MR) is 66.4 cm³/mol. The van der Waals surface area contributed by atoms with Gasteiger partial charge in [-0.15, -0.1) is 16.7 Å². The lowest BCUT2D eigenvalue weighted by atomic mass is 9.92. The summed E-state index contributed by atoms with van der Waals surface area (Å²) in [4.78, 5) is 2.33. The van der Waals surface area contributed by atoms with E-state index in [1.807, 2.05) is 0 Å². The molecule has 2 heterocycles. The van der Waals surface area contributed by atoms with Gasteiger partial charge in [-0.25, -0.2) is 0 Å². The van der Waals surface area contributed by atoms with Crippen LogP contribution in [0.25, 0.3) is 0 Å². The van der Waals surface area contributed by atoms with Crippen molar-refractivity contribution in [1.29, 1.82) is 0 Å². The van der Waals surface area contributed by atoms with E-state index in [9.17, 15) is 0 Å². The zero-order valence-electron chi connectivity index (χ0n) is 9.94. The summed E-state index contributed by atoms with van der Waals surface area (Å²) in [6, 6.07) is 1.34. The minimum atomic E-state index is 0.535. The second kappa shape index (κ2) is 4.84. The van der Waals surface area contributed by atoms with Crippen LogP contribution in [0, 0.1) is 5.92 Å². The summed E-state index contributed by atoms with van der Waals surface area (Å²) < 4.78 is 5.69. The fourth-order valence-corrected chi connectivity index (χ4v) is 3.40. The zero-order chi connectivity index (χ0) is 11.7. The van der Waals surface area contributed by atoms with Crippen molar-refractivity contribution in [3.8, 4) is 0 Å². The quantitative estimate of drug-likeness (QED) is 0.779. The zero-order valence-corrected chi connectivity index (χ0v) is 10.7. The van der Waals surface area contributed by atoms with E-state index in [0.717, 1.165) is 12.5 Å². The Balaban J connectivity index is 1.77. The van der Waals surface area contributed by atoms with Crippen molar-refractivity contribution in [3.05, 3.63) is 5.89 Å². The highest BCUT2D eigenvalue weighted by Gasteiger charge is 2.37. The molecule has 0 aromatic carbocycles. The van der Waals surface area contributed by atoms with Gasteiger partial charge in [0.1, 0.15) is 0 Å². The molecule has 0 radical (unpaired) electrons. The van der Waals surface area contributed by atoms with Gasteiger partial charge < -0.3 is 9.32 Å². The molecule has 1 aromatic rings. The van der Waals surface area contributed by atoms with Gasteiger partial charge >= 0.3 is 6.01 Å². The Morgan fingerprint density at radius 2 is 2.12 bits per heavy atom. The lowest BCUT2D eigenvalue weighted by molar-refractivity contribution is 0.339. The molecule has 4 nitrogen and oxygen atoms in total. The fraction of sp³-hybridized carbons (Fsp3) is 0.833. The van der Waals surface area contributed by atoms with E-state index in [-0.39, 0.29) is 0 Å². The van der Waals surface area contributed by atoms with Crippen molar-refractivity contribution in [2.75, 3.05) is 17.3 Å². The first-order valence-corrected chi connectivity index (χ1v) is 7.07. The van der Waals surface area contributed by atoms with Gasteiger partial charge in [0.25, 0.3) is 0 Å². The molecule has 2 aliphatic rings. The topological polar surface area (TPSA) is 42.2 Å². The van der Waals surface area contributed by atoms with Crippen LogP contribution in [0.3, 0.4) is 0 Å². The number of nitrogens with zero attached hydrogens (tertiary/aromatic N) is 3. The first kappa shape index (κ1) is 11.3. The van der Waals surface area contributed by atoms with Crippen molar-refractivity contribution in [2.45, 2.75) is 44.6 Å². The standard InChI is InChI=1S/C12H18ClN3O/c13-7-6-11-14-15-12(17-11)16-8-2-4-9-3-1-5-10(9)16/h9-10H,1-8H2. The van der Waals surface area contributed by atoms with Gasteiger partial charge in [-0.2, -0.15) is 0 Å². The van der Waals surface area contributed by atoms with Crippen LogP contribution < -0.4 is 4.90 Å². The average molecular weight is 256 g/mol. The van der Waals surface area contributed by atoms with Crippen molar-refractivity contribution < 1.29 is 4.42 Å². The molecule has 0 spiro atoms. The van der Waals surface area contributed by atoms with E-state index in [4.69, 9.17) is 16.0 Å². The third-order valence-corrected chi connectivity index (χ3v) is 4.19. The third-order valence-electron chi connectivity index (χ3n) is 4.00. The van der Waals surface area contributed by atoms with E-state index in [1.54, 1.807) is 0 Å². The molecule has 17 heavy (non-hydrogen) atoms. The molecule has 2 unspecified atom stereocenters. The highest BCUT2D eigenvalue weighted by Crippen LogP contribution is 2.38. The smallest absolute Gasteiger partial charge is 0.318 e. The first-order valence-electron chi connectivity index (χ1n) is 6.53. The van der Waals surface area contributed by atoms with Gasteiger partial charge in [0.2, 0.25) is 5.89 Å². The number of aryl methyl sites for hydroxylation is 1. The average Bonchev–Trinajstić information content (AvgIpc) is 2.96. The van der Waals surface area contributed by atoms with Gasteiger partial charge in [0.05, 0.1) is 0 Å². The van der Waals surface area contributed by atoms with Crippen LogP contribution in [0.4, 0.5) is 6.01 Å². The van der Waals surface area contributed by atoms with Crippen LogP contribution >= 0.6 is 11.6 Å². The molecule has 94 valence electrons. The lowest BCUT2D eigenvalue weighted by Gasteiger charge is -2.36. The molecule has 2 fully saturated rings. The molecule has 0 bridgehead atoms. The molecule has 3 rings (SSSR count). The summed E-state index contributed by atoms with van der Waals surface area (Å²) in [5, 5.41) is 8.22. The summed E-state index contributed by atoms with van der Waals surface area (Å²) in [6.45, 7) is 1.06. The minimum absolute atomic E-state index is 0.535. The summed E-state index contributed by atoms with van der Waals surface area (Å²) >= 11 is 5.68. The van der Waals surface area contributed by atoms with Crippen LogP contribution in [0.5, 0.6) is 0 Å². The number of hydrogen-bond donors (Lipinski definition) is 0. The first-order chi connectivity index (χ1) is 8.38. The van der Waals surface area contributed by atoms with Crippen molar-refractivity contribution >= 4 is 17.6 Å². The molecule has 0 N–H and O–H groups in total. The third kappa shape index (κ3) is 2.15. The highest BCUT2D eigenvalue weighted by atomic mass is 35.5.